The van der Waals surface area contributed by atoms with Crippen molar-refractivity contribution < 1.29 is 4.74 Å². The number of methoxy groups -OCH3 is 1. The van der Waals surface area contributed by atoms with E-state index < -0.39 is 0 Å². The van der Waals surface area contributed by atoms with Crippen LogP contribution in [0.3, 0.4) is 0 Å². The number of aryl methyl sites for hydroxylation is 2. The van der Waals surface area contributed by atoms with Gasteiger partial charge in [0.2, 0.25) is 0 Å². The first-order chi connectivity index (χ1) is 13.9. The fraction of sp³-hybridized carbons (Fsp3) is 0.250. The lowest BCUT2D eigenvalue weighted by atomic mass is 9.94. The smallest absolute Gasteiger partial charge is 0.274 e. The van der Waals surface area contributed by atoms with Gasteiger partial charge in [-0.05, 0) is 55.2 Å². The highest BCUT2D eigenvalue weighted by Crippen LogP contribution is 2.30. The number of rotatable bonds is 6. The highest BCUT2D eigenvalue weighted by molar-refractivity contribution is 5.96. The number of pyridine rings is 1. The number of benzene rings is 2. The van der Waals surface area contributed by atoms with Crippen LogP contribution in [0.15, 0.2) is 47.3 Å². The third-order valence-corrected chi connectivity index (χ3v) is 5.49. The molecule has 1 heterocycles. The first-order valence-corrected chi connectivity index (χ1v) is 9.55. The molecule has 0 spiro atoms. The van der Waals surface area contributed by atoms with Gasteiger partial charge >= 0.3 is 0 Å². The zero-order valence-electron chi connectivity index (χ0n) is 17.6. The van der Waals surface area contributed by atoms with Gasteiger partial charge in [0.25, 0.3) is 5.56 Å². The van der Waals surface area contributed by atoms with Crippen LogP contribution in [0.2, 0.25) is 0 Å². The molecule has 1 aromatic heterocycles. The van der Waals surface area contributed by atoms with E-state index in [0.717, 1.165) is 28.1 Å². The molecule has 0 radical (unpaired) electrons. The van der Waals surface area contributed by atoms with Crippen LogP contribution < -0.4 is 15.6 Å². The highest BCUT2D eigenvalue weighted by atomic mass is 16.5. The van der Waals surface area contributed by atoms with E-state index in [1.165, 1.54) is 17.3 Å². The predicted molar refractivity (Wildman–Crippen MR) is 120 cm³/mol. The van der Waals surface area contributed by atoms with Crippen molar-refractivity contribution in [2.45, 2.75) is 27.3 Å². The van der Waals surface area contributed by atoms with Crippen LogP contribution in [0.1, 0.15) is 27.9 Å². The molecule has 2 N–H and O–H groups in total. The average molecular weight is 389 g/mol. The van der Waals surface area contributed by atoms with Crippen LogP contribution in [0.5, 0.6) is 5.75 Å². The van der Waals surface area contributed by atoms with E-state index in [1.807, 2.05) is 31.2 Å². The van der Waals surface area contributed by atoms with E-state index >= 15 is 0 Å². The summed E-state index contributed by atoms with van der Waals surface area (Å²) in [5.74, 6) is 0.789. The molecule has 0 unspecified atom stereocenters. The number of hydrogen-bond acceptors (Lipinski definition) is 4. The van der Waals surface area contributed by atoms with Crippen molar-refractivity contribution >= 4 is 11.9 Å². The molecule has 0 saturated heterocycles. The van der Waals surface area contributed by atoms with Crippen LogP contribution in [-0.4, -0.2) is 17.9 Å². The summed E-state index contributed by atoms with van der Waals surface area (Å²) in [7, 11) is 3.41. The second kappa shape index (κ2) is 8.35. The van der Waals surface area contributed by atoms with Crippen LogP contribution in [-0.2, 0) is 13.6 Å². The Kier molecular flexibility index (Phi) is 5.87. The molecule has 3 aromatic rings. The summed E-state index contributed by atoms with van der Waals surface area (Å²) in [4.78, 5) is 13.0. The van der Waals surface area contributed by atoms with Gasteiger partial charge in [-0.2, -0.15) is 0 Å². The quantitative estimate of drug-likeness (QED) is 0.606. The maximum absolute atomic E-state index is 13.0. The SMILES string of the molecule is COc1ccc(CNc2c(C=N)c(-c3ccc(C)c(C)c3)c(C)n(C)c2=O)cc1. The number of hydrogen-bond donors (Lipinski definition) is 2. The van der Waals surface area contributed by atoms with Gasteiger partial charge in [0.15, 0.2) is 0 Å². The molecule has 2 aromatic carbocycles. The summed E-state index contributed by atoms with van der Waals surface area (Å²) in [6.45, 7) is 6.55. The first-order valence-electron chi connectivity index (χ1n) is 9.55. The second-order valence-electron chi connectivity index (χ2n) is 7.26. The Hall–Kier alpha value is -3.34. The Morgan fingerprint density at radius 3 is 2.34 bits per heavy atom. The lowest BCUT2D eigenvalue weighted by Gasteiger charge is -2.19. The van der Waals surface area contributed by atoms with Crippen LogP contribution in [0.25, 0.3) is 11.1 Å². The van der Waals surface area contributed by atoms with E-state index in [9.17, 15) is 4.79 Å². The van der Waals surface area contributed by atoms with Crippen LogP contribution in [0.4, 0.5) is 5.69 Å². The number of nitrogens with one attached hydrogen (secondary N) is 2. The lowest BCUT2D eigenvalue weighted by molar-refractivity contribution is 0.414. The van der Waals surface area contributed by atoms with Gasteiger partial charge in [-0.15, -0.1) is 0 Å². The lowest BCUT2D eigenvalue weighted by Crippen LogP contribution is -2.26. The molecule has 5 nitrogen and oxygen atoms in total. The van der Waals surface area contributed by atoms with Crippen molar-refractivity contribution in [1.29, 1.82) is 5.41 Å². The monoisotopic (exact) mass is 389 g/mol. The van der Waals surface area contributed by atoms with Gasteiger partial charge in [-0.3, -0.25) is 4.79 Å². The molecule has 0 fully saturated rings. The fourth-order valence-corrected chi connectivity index (χ4v) is 3.43. The highest BCUT2D eigenvalue weighted by Gasteiger charge is 2.18. The van der Waals surface area contributed by atoms with Gasteiger partial charge in [0, 0.05) is 36.6 Å². The standard InChI is InChI=1S/C24H27N3O2/c1-15-6-9-19(12-16(15)2)22-17(3)27(4)24(28)23(21(22)13-25)26-14-18-7-10-20(29-5)11-8-18/h6-13,25-26H,14H2,1-5H3. The maximum Gasteiger partial charge on any atom is 0.274 e. The van der Waals surface area contributed by atoms with Crippen molar-refractivity contribution in [3.05, 3.63) is 80.8 Å². The summed E-state index contributed by atoms with van der Waals surface area (Å²) in [5.41, 5.74) is 7.09. The topological polar surface area (TPSA) is 67.1 Å². The zero-order valence-corrected chi connectivity index (χ0v) is 17.6. The minimum atomic E-state index is -0.137. The van der Waals surface area contributed by atoms with Gasteiger partial charge in [0.05, 0.1) is 7.11 Å². The van der Waals surface area contributed by atoms with Crippen LogP contribution >= 0.6 is 0 Å². The van der Waals surface area contributed by atoms with Gasteiger partial charge in [0.1, 0.15) is 11.4 Å². The third-order valence-electron chi connectivity index (χ3n) is 5.49. The molecule has 0 saturated carbocycles. The average Bonchev–Trinajstić information content (AvgIpc) is 2.73. The number of aromatic nitrogens is 1. The van der Waals surface area contributed by atoms with Crippen molar-refractivity contribution in [2.24, 2.45) is 7.05 Å². The second-order valence-corrected chi connectivity index (χ2v) is 7.26. The minimum absolute atomic E-state index is 0.137. The van der Waals surface area contributed by atoms with E-state index in [-0.39, 0.29) is 5.56 Å². The number of ether oxygens (including phenoxy) is 1. The fourth-order valence-electron chi connectivity index (χ4n) is 3.43. The van der Waals surface area contributed by atoms with E-state index in [1.54, 1.807) is 18.7 Å². The molecule has 0 atom stereocenters. The summed E-state index contributed by atoms with van der Waals surface area (Å²) in [6.07, 6.45) is 1.27. The summed E-state index contributed by atoms with van der Waals surface area (Å²) in [6, 6.07) is 13.9. The molecule has 0 aliphatic rings. The first kappa shape index (κ1) is 20.4. The molecule has 0 bridgehead atoms. The molecule has 3 rings (SSSR count). The summed E-state index contributed by atoms with van der Waals surface area (Å²) < 4.78 is 6.84. The minimum Gasteiger partial charge on any atom is -0.497 e. The third kappa shape index (κ3) is 3.94. The molecule has 29 heavy (non-hydrogen) atoms. The van der Waals surface area contributed by atoms with Crippen molar-refractivity contribution in [3.8, 4) is 16.9 Å². The number of anilines is 1. The Morgan fingerprint density at radius 1 is 1.07 bits per heavy atom. The molecule has 0 amide bonds. The largest absolute Gasteiger partial charge is 0.497 e. The molecule has 0 aliphatic carbocycles. The number of nitrogens with zero attached hydrogens (tertiary/aromatic N) is 1. The normalized spacial score (nSPS) is 10.7. The van der Waals surface area contributed by atoms with Gasteiger partial charge < -0.3 is 20.0 Å². The Morgan fingerprint density at radius 2 is 1.76 bits per heavy atom. The molecule has 150 valence electrons. The van der Waals surface area contributed by atoms with Crippen LogP contribution in [0, 0.1) is 26.2 Å². The molecular weight excluding hydrogens is 362 g/mol. The zero-order chi connectivity index (χ0) is 21.1. The molecule has 5 heteroatoms. The molecule has 0 aliphatic heterocycles. The van der Waals surface area contributed by atoms with Crippen molar-refractivity contribution in [1.82, 2.24) is 4.57 Å². The maximum atomic E-state index is 13.0. The Bertz CT molecular complexity index is 1110. The van der Waals surface area contributed by atoms with Gasteiger partial charge in [-0.1, -0.05) is 30.3 Å². The van der Waals surface area contributed by atoms with Crippen molar-refractivity contribution in [2.75, 3.05) is 12.4 Å². The van der Waals surface area contributed by atoms with E-state index in [4.69, 9.17) is 10.1 Å². The summed E-state index contributed by atoms with van der Waals surface area (Å²) >= 11 is 0. The van der Waals surface area contributed by atoms with E-state index in [0.29, 0.717) is 17.8 Å². The van der Waals surface area contributed by atoms with E-state index in [2.05, 4.69) is 37.4 Å². The molecular formula is C24H27N3O2. The Balaban J connectivity index is 2.08. The van der Waals surface area contributed by atoms with Gasteiger partial charge in [-0.25, -0.2) is 0 Å². The Labute approximate surface area is 171 Å². The van der Waals surface area contributed by atoms with Crippen molar-refractivity contribution in [3.63, 3.8) is 0 Å². The predicted octanol–water partition coefficient (Wildman–Crippen LogP) is 4.60. The summed E-state index contributed by atoms with van der Waals surface area (Å²) in [5, 5.41) is 11.3.